The maximum Gasteiger partial charge on any atom is 0.0396 e. The lowest BCUT2D eigenvalue weighted by atomic mass is 9.72. The van der Waals surface area contributed by atoms with Gasteiger partial charge in [0.25, 0.3) is 0 Å². The minimum atomic E-state index is 0.632. The van der Waals surface area contributed by atoms with Crippen LogP contribution in [0.15, 0.2) is 24.3 Å². The van der Waals surface area contributed by atoms with E-state index in [4.69, 9.17) is 0 Å². The minimum absolute atomic E-state index is 0.632. The van der Waals surface area contributed by atoms with E-state index in [2.05, 4.69) is 41.4 Å². The van der Waals surface area contributed by atoms with Gasteiger partial charge in [0.05, 0.1) is 0 Å². The molecule has 2 nitrogen and oxygen atoms in total. The molecule has 3 rings (SSSR count). The molecule has 2 heterocycles. The Hall–Kier alpha value is -1.02. The molecule has 0 unspecified atom stereocenters. The molecule has 86 valence electrons. The first kappa shape index (κ1) is 10.2. The van der Waals surface area contributed by atoms with E-state index in [9.17, 15) is 0 Å². The molecule has 1 aromatic carbocycles. The van der Waals surface area contributed by atoms with E-state index in [1.54, 1.807) is 0 Å². The molecule has 0 radical (unpaired) electrons. The fourth-order valence-corrected chi connectivity index (χ4v) is 3.13. The summed E-state index contributed by atoms with van der Waals surface area (Å²) in [6.45, 7) is 7.16. The fourth-order valence-electron chi connectivity index (χ4n) is 3.13. The highest BCUT2D eigenvalue weighted by molar-refractivity contribution is 5.55. The molecular formula is C14H20N2. The van der Waals surface area contributed by atoms with Crippen molar-refractivity contribution in [3.63, 3.8) is 0 Å². The number of piperidine rings is 1. The van der Waals surface area contributed by atoms with Crippen LogP contribution < -0.4 is 10.2 Å². The van der Waals surface area contributed by atoms with Crippen LogP contribution in [-0.2, 0) is 0 Å². The first-order valence-electron chi connectivity index (χ1n) is 6.30. The van der Waals surface area contributed by atoms with E-state index >= 15 is 0 Å². The summed E-state index contributed by atoms with van der Waals surface area (Å²) < 4.78 is 0. The number of rotatable bonds is 1. The van der Waals surface area contributed by atoms with E-state index in [0.29, 0.717) is 5.41 Å². The molecule has 2 aliphatic rings. The lowest BCUT2D eigenvalue weighted by Gasteiger charge is -2.54. The third-order valence-electron chi connectivity index (χ3n) is 4.17. The van der Waals surface area contributed by atoms with Gasteiger partial charge in [-0.3, -0.25) is 0 Å². The van der Waals surface area contributed by atoms with Crippen LogP contribution in [0.5, 0.6) is 0 Å². The zero-order chi connectivity index (χ0) is 11.0. The number of benzene rings is 1. The molecular weight excluding hydrogens is 196 g/mol. The Balaban J connectivity index is 1.71. The third kappa shape index (κ3) is 1.61. The van der Waals surface area contributed by atoms with Crippen molar-refractivity contribution in [1.29, 1.82) is 0 Å². The number of hydrogen-bond acceptors (Lipinski definition) is 2. The van der Waals surface area contributed by atoms with Gasteiger partial charge in [-0.1, -0.05) is 18.2 Å². The Morgan fingerprint density at radius 1 is 1.12 bits per heavy atom. The Morgan fingerprint density at radius 3 is 2.50 bits per heavy atom. The lowest BCUT2D eigenvalue weighted by molar-refractivity contribution is 0.150. The second kappa shape index (κ2) is 3.77. The van der Waals surface area contributed by atoms with Gasteiger partial charge >= 0.3 is 0 Å². The molecule has 1 N–H and O–H groups in total. The first-order valence-corrected chi connectivity index (χ1v) is 6.30. The number of aryl methyl sites for hydroxylation is 1. The van der Waals surface area contributed by atoms with Gasteiger partial charge in [-0.25, -0.2) is 0 Å². The monoisotopic (exact) mass is 216 g/mol. The molecule has 2 saturated heterocycles. The van der Waals surface area contributed by atoms with E-state index in [-0.39, 0.29) is 0 Å². The van der Waals surface area contributed by atoms with Gasteiger partial charge in [-0.05, 0) is 44.5 Å². The predicted octanol–water partition coefficient (Wildman–Crippen LogP) is 2.18. The van der Waals surface area contributed by atoms with E-state index in [1.165, 1.54) is 50.3 Å². The van der Waals surface area contributed by atoms with Crippen molar-refractivity contribution in [3.05, 3.63) is 29.8 Å². The van der Waals surface area contributed by atoms with Crippen molar-refractivity contribution >= 4 is 5.69 Å². The molecule has 0 atom stereocenters. The van der Waals surface area contributed by atoms with Gasteiger partial charge in [-0.15, -0.1) is 0 Å². The topological polar surface area (TPSA) is 15.3 Å². The van der Waals surface area contributed by atoms with E-state index < -0.39 is 0 Å². The molecule has 2 fully saturated rings. The molecule has 1 aromatic rings. The van der Waals surface area contributed by atoms with Gasteiger partial charge in [-0.2, -0.15) is 0 Å². The minimum Gasteiger partial charge on any atom is -0.370 e. The standard InChI is InChI=1S/C14H20N2/c1-12-4-2-3-5-13(12)16-10-14(11-16)6-8-15-9-7-14/h2-5,15H,6-11H2,1H3. The number of hydrogen-bond donors (Lipinski definition) is 1. The average molecular weight is 216 g/mol. The summed E-state index contributed by atoms with van der Waals surface area (Å²) in [4.78, 5) is 2.54. The smallest absolute Gasteiger partial charge is 0.0396 e. The van der Waals surface area contributed by atoms with Gasteiger partial charge in [0, 0.05) is 24.2 Å². The Labute approximate surface area is 97.6 Å². The largest absolute Gasteiger partial charge is 0.370 e. The van der Waals surface area contributed by atoms with Gasteiger partial charge in [0.2, 0.25) is 0 Å². The van der Waals surface area contributed by atoms with Crippen LogP contribution in [0.25, 0.3) is 0 Å². The van der Waals surface area contributed by atoms with E-state index in [0.717, 1.165) is 0 Å². The molecule has 1 spiro atoms. The van der Waals surface area contributed by atoms with Crippen molar-refractivity contribution in [3.8, 4) is 0 Å². The fraction of sp³-hybridized carbons (Fsp3) is 0.571. The van der Waals surface area contributed by atoms with E-state index in [1.807, 2.05) is 0 Å². The molecule has 2 heteroatoms. The summed E-state index contributed by atoms with van der Waals surface area (Å²) in [5.74, 6) is 0. The Bertz CT molecular complexity index is 372. The summed E-state index contributed by atoms with van der Waals surface area (Å²) in [5.41, 5.74) is 3.48. The van der Waals surface area contributed by atoms with Gasteiger partial charge in [0.15, 0.2) is 0 Å². The zero-order valence-corrected chi connectivity index (χ0v) is 10.00. The molecule has 2 aliphatic heterocycles. The van der Waals surface area contributed by atoms with Gasteiger partial charge < -0.3 is 10.2 Å². The highest BCUT2D eigenvalue weighted by Crippen LogP contribution is 2.41. The average Bonchev–Trinajstić information content (AvgIpc) is 2.28. The normalized spacial score (nSPS) is 23.2. The molecule has 0 aliphatic carbocycles. The molecule has 0 aromatic heterocycles. The first-order chi connectivity index (χ1) is 7.79. The van der Waals surface area contributed by atoms with Crippen LogP contribution in [0, 0.1) is 12.3 Å². The van der Waals surface area contributed by atoms with Crippen molar-refractivity contribution in [2.45, 2.75) is 19.8 Å². The lowest BCUT2D eigenvalue weighted by Crippen LogP contribution is -2.60. The highest BCUT2D eigenvalue weighted by atomic mass is 15.2. The van der Waals surface area contributed by atoms with Crippen molar-refractivity contribution in [2.75, 3.05) is 31.1 Å². The highest BCUT2D eigenvalue weighted by Gasteiger charge is 2.43. The Kier molecular flexibility index (Phi) is 2.40. The van der Waals surface area contributed by atoms with Crippen LogP contribution in [0.4, 0.5) is 5.69 Å². The van der Waals surface area contributed by atoms with Crippen LogP contribution >= 0.6 is 0 Å². The predicted molar refractivity (Wildman–Crippen MR) is 67.9 cm³/mol. The van der Waals surface area contributed by atoms with Crippen LogP contribution in [0.1, 0.15) is 18.4 Å². The maximum absolute atomic E-state index is 3.46. The van der Waals surface area contributed by atoms with Crippen molar-refractivity contribution in [1.82, 2.24) is 5.32 Å². The number of nitrogens with zero attached hydrogens (tertiary/aromatic N) is 1. The number of para-hydroxylation sites is 1. The number of anilines is 1. The molecule has 0 bridgehead atoms. The molecule has 0 saturated carbocycles. The molecule has 0 amide bonds. The summed E-state index contributed by atoms with van der Waals surface area (Å²) in [7, 11) is 0. The number of nitrogens with one attached hydrogen (secondary N) is 1. The van der Waals surface area contributed by atoms with Crippen LogP contribution in [-0.4, -0.2) is 26.2 Å². The van der Waals surface area contributed by atoms with Crippen molar-refractivity contribution in [2.24, 2.45) is 5.41 Å². The van der Waals surface area contributed by atoms with Crippen molar-refractivity contribution < 1.29 is 0 Å². The maximum atomic E-state index is 3.46. The quantitative estimate of drug-likeness (QED) is 0.774. The summed E-state index contributed by atoms with van der Waals surface area (Å²) >= 11 is 0. The summed E-state index contributed by atoms with van der Waals surface area (Å²) in [5, 5.41) is 3.46. The SMILES string of the molecule is Cc1ccccc1N1CC2(CCNCC2)C1. The van der Waals surface area contributed by atoms with Gasteiger partial charge in [0.1, 0.15) is 0 Å². The summed E-state index contributed by atoms with van der Waals surface area (Å²) in [6, 6.07) is 8.74. The van der Waals surface area contributed by atoms with Crippen LogP contribution in [0.2, 0.25) is 0 Å². The van der Waals surface area contributed by atoms with Crippen LogP contribution in [0.3, 0.4) is 0 Å². The Morgan fingerprint density at radius 2 is 1.81 bits per heavy atom. The zero-order valence-electron chi connectivity index (χ0n) is 10.00. The second-order valence-electron chi connectivity index (χ2n) is 5.39. The summed E-state index contributed by atoms with van der Waals surface area (Å²) in [6.07, 6.45) is 2.71. The molecule has 16 heavy (non-hydrogen) atoms. The second-order valence-corrected chi connectivity index (χ2v) is 5.39. The third-order valence-corrected chi connectivity index (χ3v) is 4.17.